The Morgan fingerprint density at radius 1 is 1.03 bits per heavy atom. The third-order valence-corrected chi connectivity index (χ3v) is 6.91. The number of carbonyl (C=O) groups is 1. The Morgan fingerprint density at radius 2 is 1.72 bits per heavy atom. The van der Waals surface area contributed by atoms with Crippen LogP contribution in [0.25, 0.3) is 10.9 Å². The largest absolute Gasteiger partial charge is 0.294 e. The van der Waals surface area contributed by atoms with Crippen LogP contribution in [0.2, 0.25) is 0 Å². The summed E-state index contributed by atoms with van der Waals surface area (Å²) in [7, 11) is 0. The molecule has 162 valence electrons. The van der Waals surface area contributed by atoms with Crippen molar-refractivity contribution in [1.29, 1.82) is 0 Å². The van der Waals surface area contributed by atoms with E-state index in [4.69, 9.17) is 4.98 Å². The van der Waals surface area contributed by atoms with Gasteiger partial charge in [0.2, 0.25) is 0 Å². The molecule has 1 heterocycles. The van der Waals surface area contributed by atoms with Gasteiger partial charge in [0, 0.05) is 22.2 Å². The zero-order valence-electron chi connectivity index (χ0n) is 17.7. The molecule has 1 atom stereocenters. The number of thioether (sulfide) groups is 1. The quantitative estimate of drug-likeness (QED) is 0.118. The Hall–Kier alpha value is -2.70. The van der Waals surface area contributed by atoms with Gasteiger partial charge < -0.3 is 0 Å². The number of hydrogen-bond acceptors (Lipinski definition) is 4. The second-order valence-electron chi connectivity index (χ2n) is 7.56. The highest BCUT2D eigenvalue weighted by Crippen LogP contribution is 2.26. The molecule has 0 amide bonds. The molecule has 0 aliphatic heterocycles. The SMILES string of the molecule is C[C@@H](c1ccccc1)n1c(SCCCC(=O)c2ccccc2)nc2ccc(Br)cc2c1=O. The summed E-state index contributed by atoms with van der Waals surface area (Å²) in [5, 5.41) is 1.26. The first-order chi connectivity index (χ1) is 15.5. The molecule has 0 fully saturated rings. The molecule has 0 aliphatic carbocycles. The summed E-state index contributed by atoms with van der Waals surface area (Å²) in [4.78, 5) is 30.7. The molecule has 0 saturated carbocycles. The summed E-state index contributed by atoms with van der Waals surface area (Å²) >= 11 is 4.99. The van der Waals surface area contributed by atoms with E-state index >= 15 is 0 Å². The summed E-state index contributed by atoms with van der Waals surface area (Å²) in [6, 6.07) is 24.7. The zero-order chi connectivity index (χ0) is 22.5. The van der Waals surface area contributed by atoms with Crippen LogP contribution in [-0.2, 0) is 0 Å². The molecule has 0 radical (unpaired) electrons. The highest BCUT2D eigenvalue weighted by atomic mass is 79.9. The first-order valence-corrected chi connectivity index (χ1v) is 12.3. The van der Waals surface area contributed by atoms with Gasteiger partial charge in [-0.2, -0.15) is 0 Å². The van der Waals surface area contributed by atoms with Gasteiger partial charge in [0.05, 0.1) is 16.9 Å². The minimum absolute atomic E-state index is 0.0597. The highest BCUT2D eigenvalue weighted by Gasteiger charge is 2.18. The Kier molecular flexibility index (Phi) is 7.22. The van der Waals surface area contributed by atoms with Crippen LogP contribution >= 0.6 is 27.7 Å². The molecule has 4 nitrogen and oxygen atoms in total. The summed E-state index contributed by atoms with van der Waals surface area (Å²) in [5.41, 5.74) is 2.40. The number of rotatable bonds is 8. The van der Waals surface area contributed by atoms with Crippen molar-refractivity contribution in [3.63, 3.8) is 0 Å². The van der Waals surface area contributed by atoms with E-state index in [-0.39, 0.29) is 17.4 Å². The molecule has 32 heavy (non-hydrogen) atoms. The monoisotopic (exact) mass is 506 g/mol. The molecular weight excluding hydrogens is 484 g/mol. The van der Waals surface area contributed by atoms with Gasteiger partial charge in [-0.3, -0.25) is 14.2 Å². The zero-order valence-corrected chi connectivity index (χ0v) is 20.1. The van der Waals surface area contributed by atoms with E-state index in [1.54, 1.807) is 4.57 Å². The smallest absolute Gasteiger partial charge is 0.262 e. The van der Waals surface area contributed by atoms with E-state index in [1.807, 2.05) is 85.8 Å². The normalized spacial score (nSPS) is 12.1. The van der Waals surface area contributed by atoms with E-state index in [2.05, 4.69) is 15.9 Å². The highest BCUT2D eigenvalue weighted by molar-refractivity contribution is 9.10. The number of benzene rings is 3. The number of aromatic nitrogens is 2. The molecule has 0 N–H and O–H groups in total. The minimum atomic E-state index is -0.159. The van der Waals surface area contributed by atoms with Crippen molar-refractivity contribution in [2.75, 3.05) is 5.75 Å². The fourth-order valence-electron chi connectivity index (χ4n) is 3.64. The predicted octanol–water partition coefficient (Wildman–Crippen LogP) is 6.52. The molecule has 0 aliphatic rings. The summed E-state index contributed by atoms with van der Waals surface area (Å²) in [6.07, 6.45) is 1.18. The molecule has 4 aromatic rings. The van der Waals surface area contributed by atoms with Crippen LogP contribution in [0.15, 0.2) is 93.3 Å². The summed E-state index contributed by atoms with van der Waals surface area (Å²) in [5.74, 6) is 0.840. The number of fused-ring (bicyclic) bond motifs is 1. The van der Waals surface area contributed by atoms with Crippen molar-refractivity contribution in [1.82, 2.24) is 9.55 Å². The lowest BCUT2D eigenvalue weighted by molar-refractivity contribution is 0.0982. The van der Waals surface area contributed by atoms with Crippen molar-refractivity contribution in [3.05, 3.63) is 105 Å². The second kappa shape index (κ2) is 10.3. The van der Waals surface area contributed by atoms with Crippen molar-refractivity contribution in [3.8, 4) is 0 Å². The van der Waals surface area contributed by atoms with Crippen molar-refractivity contribution in [2.24, 2.45) is 0 Å². The topological polar surface area (TPSA) is 52.0 Å². The summed E-state index contributed by atoms with van der Waals surface area (Å²) < 4.78 is 2.62. The fourth-order valence-corrected chi connectivity index (χ4v) is 5.01. The van der Waals surface area contributed by atoms with Gasteiger partial charge in [0.25, 0.3) is 5.56 Å². The maximum Gasteiger partial charge on any atom is 0.262 e. The van der Waals surface area contributed by atoms with Crippen molar-refractivity contribution in [2.45, 2.75) is 31.0 Å². The lowest BCUT2D eigenvalue weighted by atomic mass is 10.1. The number of Topliss-reactive ketones (excluding diaryl/α,β-unsaturated/α-hetero) is 1. The average molecular weight is 507 g/mol. The molecule has 1 aromatic heterocycles. The lowest BCUT2D eigenvalue weighted by Crippen LogP contribution is -2.27. The van der Waals surface area contributed by atoms with Crippen LogP contribution in [0.5, 0.6) is 0 Å². The third-order valence-electron chi connectivity index (χ3n) is 5.37. The molecule has 0 bridgehead atoms. The van der Waals surface area contributed by atoms with E-state index in [0.717, 1.165) is 15.6 Å². The first kappa shape index (κ1) is 22.5. The van der Waals surface area contributed by atoms with Crippen LogP contribution in [-0.4, -0.2) is 21.1 Å². The average Bonchev–Trinajstić information content (AvgIpc) is 2.83. The van der Waals surface area contributed by atoms with Crippen LogP contribution < -0.4 is 5.56 Å². The number of nitrogens with zero attached hydrogens (tertiary/aromatic N) is 2. The number of carbonyl (C=O) groups excluding carboxylic acids is 1. The van der Waals surface area contributed by atoms with Gasteiger partial charge in [0.15, 0.2) is 10.9 Å². The van der Waals surface area contributed by atoms with E-state index in [0.29, 0.717) is 34.7 Å². The first-order valence-electron chi connectivity index (χ1n) is 10.5. The maximum absolute atomic E-state index is 13.5. The second-order valence-corrected chi connectivity index (χ2v) is 9.54. The van der Waals surface area contributed by atoms with E-state index < -0.39 is 0 Å². The lowest BCUT2D eigenvalue weighted by Gasteiger charge is -2.20. The molecule has 0 unspecified atom stereocenters. The molecule has 0 spiro atoms. The van der Waals surface area contributed by atoms with Gasteiger partial charge in [-0.25, -0.2) is 4.98 Å². The van der Waals surface area contributed by atoms with Crippen LogP contribution in [0.4, 0.5) is 0 Å². The Bertz CT molecular complexity index is 1290. The molecule has 0 saturated heterocycles. The Morgan fingerprint density at radius 3 is 2.44 bits per heavy atom. The van der Waals surface area contributed by atoms with Gasteiger partial charge in [-0.1, -0.05) is 88.4 Å². The number of hydrogen-bond donors (Lipinski definition) is 0. The Balaban J connectivity index is 1.60. The summed E-state index contributed by atoms with van der Waals surface area (Å²) in [6.45, 7) is 2.02. The van der Waals surface area contributed by atoms with Gasteiger partial charge in [0.1, 0.15) is 0 Å². The fraction of sp³-hybridized carbons (Fsp3) is 0.192. The number of halogens is 1. The maximum atomic E-state index is 13.5. The van der Waals surface area contributed by atoms with E-state index in [9.17, 15) is 9.59 Å². The van der Waals surface area contributed by atoms with Crippen molar-refractivity contribution < 1.29 is 4.79 Å². The molecular formula is C26H23BrN2O2S. The molecule has 3 aromatic carbocycles. The van der Waals surface area contributed by atoms with Crippen molar-refractivity contribution >= 4 is 44.4 Å². The predicted molar refractivity (Wildman–Crippen MR) is 135 cm³/mol. The third kappa shape index (κ3) is 5.03. The van der Waals surface area contributed by atoms with Gasteiger partial charge >= 0.3 is 0 Å². The molecule has 4 rings (SSSR count). The number of ketones is 1. The van der Waals surface area contributed by atoms with Gasteiger partial charge in [-0.15, -0.1) is 0 Å². The van der Waals surface area contributed by atoms with Gasteiger partial charge in [-0.05, 0) is 37.1 Å². The van der Waals surface area contributed by atoms with Crippen LogP contribution in [0, 0.1) is 0 Å². The molecule has 6 heteroatoms. The van der Waals surface area contributed by atoms with E-state index in [1.165, 1.54) is 11.8 Å². The van der Waals surface area contributed by atoms with Crippen LogP contribution in [0.3, 0.4) is 0 Å². The Labute approximate surface area is 199 Å². The standard InChI is InChI=1S/C26H23BrN2O2S/c1-18(19-9-4-2-5-10-19)29-25(31)22-17-21(27)14-15-23(22)28-26(29)32-16-8-13-24(30)20-11-6-3-7-12-20/h2-7,9-12,14-15,17-18H,8,13,16H2,1H3/t18-/m0/s1. The minimum Gasteiger partial charge on any atom is -0.294 e. The van der Waals surface area contributed by atoms with Crippen LogP contribution in [0.1, 0.15) is 41.7 Å².